The molecule has 0 bridgehead atoms. The monoisotopic (exact) mass is 353 g/mol. The second-order valence-electron chi connectivity index (χ2n) is 6.51. The summed E-state index contributed by atoms with van der Waals surface area (Å²) in [7, 11) is -3.37. The van der Waals surface area contributed by atoms with E-state index in [1.54, 1.807) is 10.4 Å². The first-order valence-electron chi connectivity index (χ1n) is 8.12. The van der Waals surface area contributed by atoms with Gasteiger partial charge in [0.25, 0.3) is 0 Å². The molecule has 0 radical (unpaired) electrons. The van der Waals surface area contributed by atoms with E-state index in [1.165, 1.54) is 11.3 Å². The first-order chi connectivity index (χ1) is 10.9. The number of rotatable bonds is 3. The van der Waals surface area contributed by atoms with Crippen molar-refractivity contribution in [2.24, 2.45) is 5.92 Å². The van der Waals surface area contributed by atoms with Crippen LogP contribution in [0.4, 0.5) is 0 Å². The van der Waals surface area contributed by atoms with Gasteiger partial charge < -0.3 is 0 Å². The van der Waals surface area contributed by atoms with Crippen molar-refractivity contribution in [3.05, 3.63) is 15.8 Å². The Morgan fingerprint density at radius 1 is 1.22 bits per heavy atom. The summed E-state index contributed by atoms with van der Waals surface area (Å²) in [5.74, 6) is 0.179. The lowest BCUT2D eigenvalue weighted by atomic mass is 10.1. The minimum Gasteiger partial charge on any atom is -0.298 e. The molecule has 126 valence electrons. The van der Waals surface area contributed by atoms with E-state index in [0.717, 1.165) is 42.1 Å². The molecule has 1 aliphatic heterocycles. The normalized spacial score (nSPS) is 27.2. The van der Waals surface area contributed by atoms with Gasteiger partial charge in [-0.1, -0.05) is 0 Å². The lowest BCUT2D eigenvalue weighted by Gasteiger charge is -2.37. The number of aryl methyl sites for hydroxylation is 2. The lowest BCUT2D eigenvalue weighted by molar-refractivity contribution is 0.137. The quantitative estimate of drug-likeness (QED) is 0.837. The van der Waals surface area contributed by atoms with Gasteiger partial charge in [0.05, 0.1) is 11.0 Å². The molecule has 0 N–H and O–H groups in total. The Bertz CT molecular complexity index is 712. The second-order valence-corrected chi connectivity index (χ2v) is 9.88. The summed E-state index contributed by atoms with van der Waals surface area (Å²) >= 11 is 1.54. The van der Waals surface area contributed by atoms with Gasteiger partial charge in [-0.25, -0.2) is 8.42 Å². The highest BCUT2D eigenvalue weighted by Crippen LogP contribution is 2.31. The summed E-state index contributed by atoms with van der Waals surface area (Å²) in [5, 5.41) is 9.03. The van der Waals surface area contributed by atoms with Crippen LogP contribution in [0.25, 0.3) is 0 Å². The fourth-order valence-corrected chi connectivity index (χ4v) is 6.66. The van der Waals surface area contributed by atoms with Gasteiger partial charge in [-0.15, -0.1) is 11.3 Å². The van der Waals surface area contributed by atoms with Gasteiger partial charge in [0, 0.05) is 47.9 Å². The van der Waals surface area contributed by atoms with Gasteiger partial charge in [-0.2, -0.15) is 9.57 Å². The van der Waals surface area contributed by atoms with Crippen LogP contribution in [0.5, 0.6) is 0 Å². The largest absolute Gasteiger partial charge is 0.298 e. The Kier molecular flexibility index (Phi) is 4.79. The molecule has 1 saturated carbocycles. The number of hydrogen-bond acceptors (Lipinski definition) is 5. The van der Waals surface area contributed by atoms with Gasteiger partial charge in [0.15, 0.2) is 0 Å². The molecule has 2 unspecified atom stereocenters. The van der Waals surface area contributed by atoms with Crippen molar-refractivity contribution >= 4 is 21.4 Å². The highest BCUT2D eigenvalue weighted by Gasteiger charge is 2.35. The molecule has 1 aromatic rings. The minimum atomic E-state index is -3.37. The van der Waals surface area contributed by atoms with Crippen LogP contribution in [0.15, 0.2) is 11.0 Å². The van der Waals surface area contributed by atoms with E-state index in [-0.39, 0.29) is 5.92 Å². The van der Waals surface area contributed by atoms with Crippen LogP contribution in [0.2, 0.25) is 0 Å². The third-order valence-electron chi connectivity index (χ3n) is 4.99. The van der Waals surface area contributed by atoms with Crippen LogP contribution in [0, 0.1) is 31.1 Å². The van der Waals surface area contributed by atoms with E-state index in [1.807, 2.05) is 13.8 Å². The molecule has 0 spiro atoms. The maximum atomic E-state index is 12.8. The predicted octanol–water partition coefficient (Wildman–Crippen LogP) is 2.36. The van der Waals surface area contributed by atoms with Crippen molar-refractivity contribution in [3.8, 4) is 6.07 Å². The van der Waals surface area contributed by atoms with Gasteiger partial charge in [0.1, 0.15) is 0 Å². The van der Waals surface area contributed by atoms with Crippen LogP contribution in [-0.2, 0) is 10.0 Å². The number of thiophene rings is 1. The molecule has 0 amide bonds. The summed E-state index contributed by atoms with van der Waals surface area (Å²) in [6.45, 7) is 6.45. The second kappa shape index (κ2) is 6.52. The lowest BCUT2D eigenvalue weighted by Crippen LogP contribution is -2.51. The van der Waals surface area contributed by atoms with Gasteiger partial charge in [0.2, 0.25) is 10.0 Å². The molecule has 7 heteroatoms. The molecule has 5 nitrogen and oxygen atoms in total. The summed E-state index contributed by atoms with van der Waals surface area (Å²) in [5.41, 5.74) is 0. The molecule has 2 atom stereocenters. The summed E-state index contributed by atoms with van der Waals surface area (Å²) in [6, 6.07) is 4.61. The van der Waals surface area contributed by atoms with E-state index < -0.39 is 10.0 Å². The maximum absolute atomic E-state index is 12.8. The van der Waals surface area contributed by atoms with Crippen LogP contribution >= 0.6 is 11.3 Å². The molecule has 0 aromatic carbocycles. The molecule has 2 aliphatic rings. The van der Waals surface area contributed by atoms with E-state index in [2.05, 4.69) is 11.0 Å². The summed E-state index contributed by atoms with van der Waals surface area (Å²) < 4.78 is 27.3. The van der Waals surface area contributed by atoms with Crippen molar-refractivity contribution in [2.75, 3.05) is 26.2 Å². The Labute approximate surface area is 142 Å². The van der Waals surface area contributed by atoms with Gasteiger partial charge >= 0.3 is 0 Å². The molecule has 1 aromatic heterocycles. The van der Waals surface area contributed by atoms with Crippen LogP contribution in [-0.4, -0.2) is 49.8 Å². The minimum absolute atomic E-state index is 0.179. The van der Waals surface area contributed by atoms with Crippen molar-refractivity contribution in [1.82, 2.24) is 9.21 Å². The first-order valence-corrected chi connectivity index (χ1v) is 10.4. The van der Waals surface area contributed by atoms with E-state index in [0.29, 0.717) is 24.0 Å². The third-order valence-corrected chi connectivity index (χ3v) is 8.11. The molecule has 3 rings (SSSR count). The van der Waals surface area contributed by atoms with E-state index in [9.17, 15) is 8.42 Å². The molecule has 1 aliphatic carbocycles. The maximum Gasteiger partial charge on any atom is 0.244 e. The third kappa shape index (κ3) is 3.31. The number of nitrogens with zero attached hydrogens (tertiary/aromatic N) is 3. The summed E-state index contributed by atoms with van der Waals surface area (Å²) in [6.07, 6.45) is 2.98. The average molecular weight is 354 g/mol. The van der Waals surface area contributed by atoms with Crippen molar-refractivity contribution in [3.63, 3.8) is 0 Å². The Morgan fingerprint density at radius 2 is 1.91 bits per heavy atom. The standard InChI is InChI=1S/C16H23N3O2S2/c1-12-9-16(13(2)22-12)23(20,21)19-7-5-18(6-8-19)15-4-3-14(10-15)11-17/h9,14-15H,3-8,10H2,1-2H3. The number of nitriles is 1. The van der Waals surface area contributed by atoms with Gasteiger partial charge in [-0.05, 0) is 39.2 Å². The molecule has 1 saturated heterocycles. The predicted molar refractivity (Wildman–Crippen MR) is 90.9 cm³/mol. The molecular formula is C16H23N3O2S2. The van der Waals surface area contributed by atoms with Gasteiger partial charge in [-0.3, -0.25) is 4.90 Å². The zero-order chi connectivity index (χ0) is 16.6. The molecular weight excluding hydrogens is 330 g/mol. The first kappa shape index (κ1) is 16.9. The zero-order valence-electron chi connectivity index (χ0n) is 13.7. The van der Waals surface area contributed by atoms with Crippen molar-refractivity contribution < 1.29 is 8.42 Å². The Balaban J connectivity index is 1.65. The topological polar surface area (TPSA) is 64.4 Å². The number of hydrogen-bond donors (Lipinski definition) is 0. The van der Waals surface area contributed by atoms with Crippen LogP contribution in [0.1, 0.15) is 29.0 Å². The highest BCUT2D eigenvalue weighted by molar-refractivity contribution is 7.89. The van der Waals surface area contributed by atoms with E-state index >= 15 is 0 Å². The van der Waals surface area contributed by atoms with Crippen molar-refractivity contribution in [2.45, 2.75) is 44.0 Å². The SMILES string of the molecule is Cc1cc(S(=O)(=O)N2CCN(C3CCC(C#N)C3)CC2)c(C)s1. The van der Waals surface area contributed by atoms with Crippen LogP contribution < -0.4 is 0 Å². The smallest absolute Gasteiger partial charge is 0.244 e. The van der Waals surface area contributed by atoms with E-state index in [4.69, 9.17) is 5.26 Å². The Morgan fingerprint density at radius 3 is 2.43 bits per heavy atom. The highest BCUT2D eigenvalue weighted by atomic mass is 32.2. The zero-order valence-corrected chi connectivity index (χ0v) is 15.3. The molecule has 2 fully saturated rings. The Hall–Kier alpha value is -0.940. The summed E-state index contributed by atoms with van der Waals surface area (Å²) in [4.78, 5) is 4.75. The fraction of sp³-hybridized carbons (Fsp3) is 0.688. The molecule has 23 heavy (non-hydrogen) atoms. The number of piperazine rings is 1. The molecule has 2 heterocycles. The average Bonchev–Trinajstić information content (AvgIpc) is 3.14. The van der Waals surface area contributed by atoms with Crippen molar-refractivity contribution in [1.29, 1.82) is 5.26 Å². The van der Waals surface area contributed by atoms with Crippen LogP contribution in [0.3, 0.4) is 0 Å². The fourth-order valence-electron chi connectivity index (χ4n) is 3.72. The number of sulfonamides is 1.